The van der Waals surface area contributed by atoms with Crippen LogP contribution in [0.5, 0.6) is 0 Å². The number of aromatic nitrogens is 3. The van der Waals surface area contributed by atoms with Crippen LogP contribution in [0, 0.1) is 0 Å². The molecular weight excluding hydrogens is 244 g/mol. The summed E-state index contributed by atoms with van der Waals surface area (Å²) in [4.78, 5) is 4.20. The molecule has 0 radical (unpaired) electrons. The number of hydrogen-bond donors (Lipinski definition) is 2. The molecule has 102 valence electrons. The lowest BCUT2D eigenvalue weighted by molar-refractivity contribution is -0.0551. The molecule has 6 nitrogen and oxygen atoms in total. The van der Waals surface area contributed by atoms with Gasteiger partial charge in [-0.25, -0.2) is 9.50 Å². The van der Waals surface area contributed by atoms with E-state index in [1.54, 1.807) is 0 Å². The molecule has 2 aromatic rings. The molecule has 2 aromatic heterocycles. The Hall–Kier alpha value is -1.66. The van der Waals surface area contributed by atoms with Crippen molar-refractivity contribution in [2.24, 2.45) is 0 Å². The molecule has 1 fully saturated rings. The maximum atomic E-state index is 9.22. The van der Waals surface area contributed by atoms with Gasteiger partial charge in [-0.15, -0.1) is 0 Å². The van der Waals surface area contributed by atoms with Crippen LogP contribution in [0.25, 0.3) is 5.52 Å². The maximum absolute atomic E-state index is 9.22. The summed E-state index contributed by atoms with van der Waals surface area (Å²) in [6.07, 6.45) is 3.19. The predicted octanol–water partition coefficient (Wildman–Crippen LogP) is 1.16. The highest BCUT2D eigenvalue weighted by Crippen LogP contribution is 2.39. The van der Waals surface area contributed by atoms with Crippen LogP contribution in [0.2, 0.25) is 0 Å². The first kappa shape index (κ1) is 12.4. The first-order valence-electron chi connectivity index (χ1n) is 6.47. The van der Waals surface area contributed by atoms with E-state index < -0.39 is 5.60 Å². The highest BCUT2D eigenvalue weighted by molar-refractivity contribution is 5.68. The van der Waals surface area contributed by atoms with Gasteiger partial charge in [0, 0.05) is 7.05 Å². The summed E-state index contributed by atoms with van der Waals surface area (Å²) in [7, 11) is 1.84. The maximum Gasteiger partial charge on any atom is 0.153 e. The zero-order chi connectivity index (χ0) is 13.5. The minimum Gasteiger partial charge on any atom is -0.394 e. The number of aliphatic hydroxyl groups is 1. The van der Waals surface area contributed by atoms with Gasteiger partial charge in [-0.1, -0.05) is 0 Å². The van der Waals surface area contributed by atoms with Crippen LogP contribution in [0.3, 0.4) is 0 Å². The summed E-state index contributed by atoms with van der Waals surface area (Å²) in [5, 5.41) is 16.6. The topological polar surface area (TPSA) is 71.7 Å². The second kappa shape index (κ2) is 4.47. The van der Waals surface area contributed by atoms with Crippen molar-refractivity contribution in [1.82, 2.24) is 14.6 Å². The van der Waals surface area contributed by atoms with Crippen molar-refractivity contribution < 1.29 is 9.84 Å². The van der Waals surface area contributed by atoms with Crippen molar-refractivity contribution in [3.63, 3.8) is 0 Å². The average Bonchev–Trinajstić information content (AvgIpc) is 3.02. The molecule has 1 saturated heterocycles. The van der Waals surface area contributed by atoms with Crippen LogP contribution < -0.4 is 5.32 Å². The Labute approximate surface area is 111 Å². The molecule has 0 bridgehead atoms. The number of hydrogen-bond acceptors (Lipinski definition) is 5. The summed E-state index contributed by atoms with van der Waals surface area (Å²) >= 11 is 0. The Bertz CT molecular complexity index is 597. The van der Waals surface area contributed by atoms with Gasteiger partial charge in [-0.05, 0) is 31.9 Å². The van der Waals surface area contributed by atoms with Crippen LogP contribution in [0.15, 0.2) is 18.5 Å². The molecule has 19 heavy (non-hydrogen) atoms. The first-order chi connectivity index (χ1) is 9.18. The quantitative estimate of drug-likeness (QED) is 0.868. The molecule has 1 unspecified atom stereocenters. The van der Waals surface area contributed by atoms with Gasteiger partial charge in [0.05, 0.1) is 18.4 Å². The second-order valence-corrected chi connectivity index (χ2v) is 5.07. The molecule has 0 saturated carbocycles. The minimum absolute atomic E-state index is 0.0651. The number of nitrogens with zero attached hydrogens (tertiary/aromatic N) is 3. The molecule has 1 aliphatic heterocycles. The molecule has 3 heterocycles. The molecule has 0 aliphatic carbocycles. The molecule has 2 N–H and O–H groups in total. The molecule has 0 aromatic carbocycles. The lowest BCUT2D eigenvalue weighted by Gasteiger charge is -2.24. The van der Waals surface area contributed by atoms with Gasteiger partial charge in [0.25, 0.3) is 0 Å². The van der Waals surface area contributed by atoms with Crippen molar-refractivity contribution >= 4 is 11.3 Å². The van der Waals surface area contributed by atoms with Crippen LogP contribution in [0.4, 0.5) is 5.82 Å². The number of nitrogens with one attached hydrogen (secondary N) is 1. The van der Waals surface area contributed by atoms with Gasteiger partial charge >= 0.3 is 0 Å². The summed E-state index contributed by atoms with van der Waals surface area (Å²) in [6.45, 7) is 2.11. The molecule has 2 atom stereocenters. The SMILES string of the molecule is CNc1ncnn2c([C@@]3(C)CCC(CO)O3)ccc12. The van der Waals surface area contributed by atoms with E-state index in [-0.39, 0.29) is 12.7 Å². The third kappa shape index (κ3) is 1.87. The number of ether oxygens (including phenoxy) is 1. The zero-order valence-electron chi connectivity index (χ0n) is 11.1. The Morgan fingerprint density at radius 1 is 1.58 bits per heavy atom. The molecule has 3 rings (SSSR count). The lowest BCUT2D eigenvalue weighted by Crippen LogP contribution is -2.26. The highest BCUT2D eigenvalue weighted by Gasteiger charge is 2.39. The summed E-state index contributed by atoms with van der Waals surface area (Å²) in [5.41, 5.74) is 1.52. The predicted molar refractivity (Wildman–Crippen MR) is 71.1 cm³/mol. The van der Waals surface area contributed by atoms with E-state index in [1.165, 1.54) is 6.33 Å². The fourth-order valence-electron chi connectivity index (χ4n) is 2.77. The third-order valence-electron chi connectivity index (χ3n) is 3.80. The Kier molecular flexibility index (Phi) is 2.91. The van der Waals surface area contributed by atoms with Gasteiger partial charge in [-0.3, -0.25) is 0 Å². The standard InChI is InChI=1S/C13H18N4O2/c1-13(6-5-9(7-18)19-13)11-4-3-10-12(14-2)15-8-16-17(10)11/h3-4,8-9,18H,5-7H2,1-2H3,(H,14,15,16)/t9?,13-/m1/s1. The average molecular weight is 262 g/mol. The van der Waals surface area contributed by atoms with Crippen LogP contribution >= 0.6 is 0 Å². The third-order valence-corrected chi connectivity index (χ3v) is 3.80. The highest BCUT2D eigenvalue weighted by atomic mass is 16.5. The summed E-state index contributed by atoms with van der Waals surface area (Å²) in [5.74, 6) is 0.793. The fraction of sp³-hybridized carbons (Fsp3) is 0.538. The summed E-state index contributed by atoms with van der Waals surface area (Å²) < 4.78 is 7.83. The Morgan fingerprint density at radius 3 is 3.11 bits per heavy atom. The molecule has 0 spiro atoms. The smallest absolute Gasteiger partial charge is 0.153 e. The summed E-state index contributed by atoms with van der Waals surface area (Å²) in [6, 6.07) is 4.01. The largest absolute Gasteiger partial charge is 0.394 e. The van der Waals surface area contributed by atoms with Crippen molar-refractivity contribution in [1.29, 1.82) is 0 Å². The lowest BCUT2D eigenvalue weighted by atomic mass is 9.98. The van der Waals surface area contributed by atoms with Crippen LogP contribution in [-0.2, 0) is 10.3 Å². The van der Waals surface area contributed by atoms with Crippen molar-refractivity contribution in [3.05, 3.63) is 24.2 Å². The minimum atomic E-state index is -0.404. The monoisotopic (exact) mass is 262 g/mol. The van der Waals surface area contributed by atoms with Gasteiger partial charge in [0.15, 0.2) is 5.82 Å². The Morgan fingerprint density at radius 2 is 2.42 bits per heavy atom. The van der Waals surface area contributed by atoms with Gasteiger partial charge in [0.2, 0.25) is 0 Å². The molecular formula is C13H18N4O2. The van der Waals surface area contributed by atoms with Gasteiger partial charge < -0.3 is 15.2 Å². The number of fused-ring (bicyclic) bond motifs is 1. The molecule has 0 amide bonds. The van der Waals surface area contributed by atoms with E-state index in [2.05, 4.69) is 15.4 Å². The van der Waals surface area contributed by atoms with E-state index in [0.29, 0.717) is 0 Å². The van der Waals surface area contributed by atoms with Crippen molar-refractivity contribution in [3.8, 4) is 0 Å². The fourth-order valence-corrected chi connectivity index (χ4v) is 2.77. The number of anilines is 1. The van der Waals surface area contributed by atoms with Crippen molar-refractivity contribution in [2.75, 3.05) is 19.0 Å². The molecule has 1 aliphatic rings. The number of rotatable bonds is 3. The first-order valence-corrected chi connectivity index (χ1v) is 6.47. The Balaban J connectivity index is 2.07. The van der Waals surface area contributed by atoms with Crippen LogP contribution in [0.1, 0.15) is 25.5 Å². The van der Waals surface area contributed by atoms with Gasteiger partial charge in [0.1, 0.15) is 17.4 Å². The van der Waals surface area contributed by atoms with E-state index in [4.69, 9.17) is 4.74 Å². The molecule has 6 heteroatoms. The van der Waals surface area contributed by atoms with E-state index >= 15 is 0 Å². The van der Waals surface area contributed by atoms with Gasteiger partial charge in [-0.2, -0.15) is 5.10 Å². The van der Waals surface area contributed by atoms with Crippen LogP contribution in [-0.4, -0.2) is 39.5 Å². The van der Waals surface area contributed by atoms with E-state index in [9.17, 15) is 5.11 Å². The van der Waals surface area contributed by atoms with E-state index in [0.717, 1.165) is 29.9 Å². The zero-order valence-corrected chi connectivity index (χ0v) is 11.1. The normalized spacial score (nSPS) is 27.0. The second-order valence-electron chi connectivity index (χ2n) is 5.07. The van der Waals surface area contributed by atoms with E-state index in [1.807, 2.05) is 30.6 Å². The number of aliphatic hydroxyl groups excluding tert-OH is 1. The van der Waals surface area contributed by atoms with Crippen molar-refractivity contribution in [2.45, 2.75) is 31.5 Å².